The summed E-state index contributed by atoms with van der Waals surface area (Å²) in [5.41, 5.74) is 1.34. The molecule has 2 atom stereocenters. The maximum absolute atomic E-state index is 13.4. The first kappa shape index (κ1) is 23.6. The molecule has 0 radical (unpaired) electrons. The summed E-state index contributed by atoms with van der Waals surface area (Å²) in [6.07, 6.45) is 0.532. The lowest BCUT2D eigenvalue weighted by Gasteiger charge is -2.24. The van der Waals surface area contributed by atoms with E-state index in [1.807, 2.05) is 44.2 Å². The first-order chi connectivity index (χ1) is 14.2. The minimum Gasteiger partial charge on any atom is -0.426 e. The molecule has 0 bridgehead atoms. The van der Waals surface area contributed by atoms with Gasteiger partial charge in [-0.2, -0.15) is 0 Å². The first-order valence-corrected chi connectivity index (χ1v) is 9.99. The molecule has 2 aromatic rings. The molecule has 0 aliphatic carbocycles. The van der Waals surface area contributed by atoms with Gasteiger partial charge in [-0.1, -0.05) is 56.3 Å². The fourth-order valence-corrected chi connectivity index (χ4v) is 3.18. The largest absolute Gasteiger partial charge is 0.475 e. The molecule has 0 saturated heterocycles. The Labute approximate surface area is 176 Å². The van der Waals surface area contributed by atoms with E-state index in [0.717, 1.165) is 5.56 Å². The van der Waals surface area contributed by atoms with Crippen LogP contribution in [0, 0.1) is 11.7 Å². The summed E-state index contributed by atoms with van der Waals surface area (Å²) in [5.74, 6) is -2.10. The van der Waals surface area contributed by atoms with Gasteiger partial charge in [0.05, 0.1) is 12.4 Å². The fourth-order valence-electron chi connectivity index (χ4n) is 3.18. The molecule has 0 fully saturated rings. The molecule has 8 heteroatoms. The Kier molecular flexibility index (Phi) is 9.01. The van der Waals surface area contributed by atoms with Crippen LogP contribution in [0.15, 0.2) is 54.6 Å². The van der Waals surface area contributed by atoms with Crippen LogP contribution in [0.25, 0.3) is 0 Å². The standard InChI is InChI=1S/C22H28BFN2O4/c1-15(2)11-20(23(29)30)26-22(28)19(13-16-7-4-3-5-8-16)25-21(27)14-17-9-6-10-18(24)12-17/h3-10,12,15,19-20,29-30H,11,13-14H2,1-2H3,(H,25,27)(H,26,28)/t19-,20-/m0/s1. The quantitative estimate of drug-likeness (QED) is 0.445. The molecule has 0 saturated carbocycles. The highest BCUT2D eigenvalue weighted by Gasteiger charge is 2.30. The van der Waals surface area contributed by atoms with Gasteiger partial charge in [0.2, 0.25) is 11.8 Å². The van der Waals surface area contributed by atoms with Crippen molar-refractivity contribution in [3.8, 4) is 0 Å². The van der Waals surface area contributed by atoms with Crippen molar-refractivity contribution in [1.82, 2.24) is 10.6 Å². The van der Waals surface area contributed by atoms with Crippen LogP contribution in [0.4, 0.5) is 4.39 Å². The van der Waals surface area contributed by atoms with Gasteiger partial charge in [-0.3, -0.25) is 9.59 Å². The van der Waals surface area contributed by atoms with Crippen LogP contribution in [0.3, 0.4) is 0 Å². The molecule has 0 heterocycles. The Morgan fingerprint density at radius 1 is 1.00 bits per heavy atom. The van der Waals surface area contributed by atoms with Crippen LogP contribution in [-0.4, -0.2) is 41.0 Å². The van der Waals surface area contributed by atoms with Gasteiger partial charge < -0.3 is 20.7 Å². The topological polar surface area (TPSA) is 98.7 Å². The zero-order valence-electron chi connectivity index (χ0n) is 17.2. The second-order valence-electron chi connectivity index (χ2n) is 7.77. The van der Waals surface area contributed by atoms with E-state index in [1.165, 1.54) is 18.2 Å². The van der Waals surface area contributed by atoms with Crippen LogP contribution in [0.1, 0.15) is 31.4 Å². The molecular weight excluding hydrogens is 386 g/mol. The number of carbonyl (C=O) groups is 2. The SMILES string of the molecule is CC(C)C[C@H](NC(=O)[C@H](Cc1ccccc1)NC(=O)Cc1cccc(F)c1)B(O)O. The summed E-state index contributed by atoms with van der Waals surface area (Å²) in [6.45, 7) is 3.81. The Morgan fingerprint density at radius 2 is 1.67 bits per heavy atom. The number of hydrogen-bond acceptors (Lipinski definition) is 4. The van der Waals surface area contributed by atoms with Crippen molar-refractivity contribution < 1.29 is 24.0 Å². The van der Waals surface area contributed by atoms with E-state index >= 15 is 0 Å². The highest BCUT2D eigenvalue weighted by molar-refractivity contribution is 6.43. The Hall–Kier alpha value is -2.71. The van der Waals surface area contributed by atoms with E-state index < -0.39 is 36.7 Å². The summed E-state index contributed by atoms with van der Waals surface area (Å²) in [4.78, 5) is 25.4. The summed E-state index contributed by atoms with van der Waals surface area (Å²) in [5, 5.41) is 24.5. The minimum atomic E-state index is -1.71. The van der Waals surface area contributed by atoms with Gasteiger partial charge in [-0.05, 0) is 35.6 Å². The van der Waals surface area contributed by atoms with E-state index in [4.69, 9.17) is 0 Å². The lowest BCUT2D eigenvalue weighted by Crippen LogP contribution is -2.55. The number of rotatable bonds is 10. The van der Waals surface area contributed by atoms with Crippen molar-refractivity contribution in [2.45, 2.75) is 45.1 Å². The number of nitrogens with one attached hydrogen (secondary N) is 2. The predicted octanol–water partition coefficient (Wildman–Crippen LogP) is 1.64. The molecule has 0 spiro atoms. The number of benzene rings is 2. The average molecular weight is 414 g/mol. The predicted molar refractivity (Wildman–Crippen MR) is 114 cm³/mol. The highest BCUT2D eigenvalue weighted by atomic mass is 19.1. The van der Waals surface area contributed by atoms with Crippen molar-refractivity contribution in [3.05, 3.63) is 71.5 Å². The molecular formula is C22H28BFN2O4. The molecule has 2 rings (SSSR count). The highest BCUT2D eigenvalue weighted by Crippen LogP contribution is 2.09. The van der Waals surface area contributed by atoms with Crippen LogP contribution in [0.2, 0.25) is 0 Å². The summed E-state index contributed by atoms with van der Waals surface area (Å²) < 4.78 is 13.4. The molecule has 160 valence electrons. The second-order valence-corrected chi connectivity index (χ2v) is 7.77. The number of hydrogen-bond donors (Lipinski definition) is 4. The van der Waals surface area contributed by atoms with Crippen LogP contribution in [-0.2, 0) is 22.4 Å². The van der Waals surface area contributed by atoms with Crippen LogP contribution >= 0.6 is 0 Å². The van der Waals surface area contributed by atoms with Crippen molar-refractivity contribution >= 4 is 18.9 Å². The zero-order chi connectivity index (χ0) is 22.1. The second kappa shape index (κ2) is 11.5. The maximum Gasteiger partial charge on any atom is 0.475 e. The zero-order valence-corrected chi connectivity index (χ0v) is 17.2. The third kappa shape index (κ3) is 7.97. The summed E-state index contributed by atoms with van der Waals surface area (Å²) in [6, 6.07) is 14.0. The molecule has 0 aliphatic rings. The van der Waals surface area contributed by atoms with Gasteiger partial charge in [-0.15, -0.1) is 0 Å². The van der Waals surface area contributed by atoms with E-state index in [-0.39, 0.29) is 18.8 Å². The van der Waals surface area contributed by atoms with Gasteiger partial charge in [0.25, 0.3) is 0 Å². The van der Waals surface area contributed by atoms with Crippen molar-refractivity contribution in [2.75, 3.05) is 0 Å². The first-order valence-electron chi connectivity index (χ1n) is 9.99. The number of carbonyl (C=O) groups excluding carboxylic acids is 2. The minimum absolute atomic E-state index is 0.0750. The lowest BCUT2D eigenvalue weighted by molar-refractivity contribution is -0.129. The van der Waals surface area contributed by atoms with Crippen molar-refractivity contribution in [2.24, 2.45) is 5.92 Å². The molecule has 4 N–H and O–H groups in total. The molecule has 30 heavy (non-hydrogen) atoms. The summed E-state index contributed by atoms with van der Waals surface area (Å²) >= 11 is 0. The Balaban J connectivity index is 2.12. The van der Waals surface area contributed by atoms with Crippen molar-refractivity contribution in [3.63, 3.8) is 0 Å². The normalized spacial score (nSPS) is 12.9. The smallest absolute Gasteiger partial charge is 0.426 e. The monoisotopic (exact) mass is 414 g/mol. The van der Waals surface area contributed by atoms with Gasteiger partial charge >= 0.3 is 7.12 Å². The van der Waals surface area contributed by atoms with Crippen LogP contribution < -0.4 is 10.6 Å². The molecule has 6 nitrogen and oxygen atoms in total. The van der Waals surface area contributed by atoms with Gasteiger partial charge in [0, 0.05) is 6.42 Å². The van der Waals surface area contributed by atoms with E-state index in [9.17, 15) is 24.0 Å². The number of halogens is 1. The molecule has 2 aromatic carbocycles. The van der Waals surface area contributed by atoms with E-state index in [0.29, 0.717) is 12.0 Å². The van der Waals surface area contributed by atoms with Crippen molar-refractivity contribution in [1.29, 1.82) is 0 Å². The molecule has 0 aliphatic heterocycles. The van der Waals surface area contributed by atoms with E-state index in [2.05, 4.69) is 10.6 Å². The third-order valence-electron chi connectivity index (χ3n) is 4.60. The molecule has 0 unspecified atom stereocenters. The van der Waals surface area contributed by atoms with Crippen LogP contribution in [0.5, 0.6) is 0 Å². The lowest BCUT2D eigenvalue weighted by atomic mass is 9.75. The van der Waals surface area contributed by atoms with Gasteiger partial charge in [0.15, 0.2) is 0 Å². The Bertz CT molecular complexity index is 833. The Morgan fingerprint density at radius 3 is 2.27 bits per heavy atom. The van der Waals surface area contributed by atoms with Gasteiger partial charge in [0.1, 0.15) is 11.9 Å². The third-order valence-corrected chi connectivity index (χ3v) is 4.60. The summed E-state index contributed by atoms with van der Waals surface area (Å²) in [7, 11) is -1.71. The molecule has 0 aromatic heterocycles. The maximum atomic E-state index is 13.4. The average Bonchev–Trinajstić information content (AvgIpc) is 2.67. The number of amides is 2. The van der Waals surface area contributed by atoms with Gasteiger partial charge in [-0.25, -0.2) is 4.39 Å². The molecule has 2 amide bonds. The fraction of sp³-hybridized carbons (Fsp3) is 0.364. The van der Waals surface area contributed by atoms with E-state index in [1.54, 1.807) is 6.07 Å².